The highest BCUT2D eigenvalue weighted by Crippen LogP contribution is 2.51. The van der Waals surface area contributed by atoms with Crippen LogP contribution in [0.5, 0.6) is 0 Å². The summed E-state index contributed by atoms with van der Waals surface area (Å²) in [6.07, 6.45) is 0. The minimum atomic E-state index is 0.815. The fourth-order valence-corrected chi connectivity index (χ4v) is 12.7. The summed E-state index contributed by atoms with van der Waals surface area (Å²) in [7, 11) is 0. The lowest BCUT2D eigenvalue weighted by Gasteiger charge is -2.29. The van der Waals surface area contributed by atoms with Crippen molar-refractivity contribution in [2.45, 2.75) is 0 Å². The second kappa shape index (κ2) is 20.4. The van der Waals surface area contributed by atoms with Crippen LogP contribution >= 0.6 is 0 Å². The van der Waals surface area contributed by atoms with Gasteiger partial charge in [-0.25, -0.2) is 0 Å². The predicted octanol–water partition coefficient (Wildman–Crippen LogP) is 23.0. The van der Waals surface area contributed by atoms with Gasteiger partial charge >= 0.3 is 0 Å². The molecule has 0 aliphatic rings. The van der Waals surface area contributed by atoms with Gasteiger partial charge in [0.05, 0.1) is 11.4 Å². The van der Waals surface area contributed by atoms with Gasteiger partial charge in [-0.2, -0.15) is 0 Å². The van der Waals surface area contributed by atoms with Crippen molar-refractivity contribution < 1.29 is 8.83 Å². The lowest BCUT2D eigenvalue weighted by atomic mass is 9.91. The number of furan rings is 2. The minimum absolute atomic E-state index is 0.815. The summed E-state index contributed by atoms with van der Waals surface area (Å²) in [5.74, 6) is 1.70. The van der Waals surface area contributed by atoms with E-state index >= 15 is 0 Å². The first-order valence-electron chi connectivity index (χ1n) is 28.6. The number of anilines is 6. The van der Waals surface area contributed by atoms with Crippen LogP contribution in [0.2, 0.25) is 0 Å². The van der Waals surface area contributed by atoms with Crippen LogP contribution in [0.1, 0.15) is 0 Å². The molecule has 0 atom stereocenters. The van der Waals surface area contributed by atoms with Gasteiger partial charge in [0, 0.05) is 78.7 Å². The highest BCUT2D eigenvalue weighted by molar-refractivity contribution is 6.28. The molecule has 0 unspecified atom stereocenters. The molecule has 4 nitrogen and oxygen atoms in total. The van der Waals surface area contributed by atoms with Crippen LogP contribution in [-0.2, 0) is 0 Å². The maximum absolute atomic E-state index is 7.03. The third-order valence-corrected chi connectivity index (χ3v) is 16.6. The SMILES string of the molecule is c1ccc(-c2ccc(N(c3ccc4c(-c5ccccc5)c(-c5ccccc5)oc4c3)c3ccc4ccc5c(N(c6ccc(-c7ccccc7)cc6)c6ccc7c(-c8ccccc8)c(-c8ccccc8)oc7c6)ccc6ccc3c4c65)cc2)cc1. The molecule has 14 aromatic carbocycles. The Labute approximate surface area is 486 Å². The van der Waals surface area contributed by atoms with Crippen LogP contribution in [0.3, 0.4) is 0 Å². The normalized spacial score (nSPS) is 11.6. The van der Waals surface area contributed by atoms with E-state index < -0.39 is 0 Å². The standard InChI is InChI=1S/C80H52N2O2/c1-7-19-53(20-8-1)55-31-39-63(40-32-55)81(65-43-47-69-73(51-65)83-79(61-27-15-5-16-28-61)77(69)57-23-11-3-12-24-57)71-49-37-59-36-46-68-72(50-38-60-35-45-67(71)75(59)76(60)68)82(64-41-33-56(34-42-64)54-21-9-2-10-22-54)66-44-48-70-74(52-66)84-80(62-29-17-6-18-30-62)78(70)58-25-13-4-14-26-58/h1-52H. The highest BCUT2D eigenvalue weighted by atomic mass is 16.3. The maximum atomic E-state index is 7.03. The molecule has 0 saturated carbocycles. The lowest BCUT2D eigenvalue weighted by Crippen LogP contribution is -2.11. The second-order valence-corrected chi connectivity index (χ2v) is 21.5. The Morgan fingerprint density at radius 3 is 0.857 bits per heavy atom. The molecule has 2 aromatic heterocycles. The van der Waals surface area contributed by atoms with E-state index in [4.69, 9.17) is 8.83 Å². The van der Waals surface area contributed by atoms with Crippen LogP contribution in [0.15, 0.2) is 324 Å². The zero-order valence-electron chi connectivity index (χ0n) is 45.7. The first-order chi connectivity index (χ1) is 41.7. The molecule has 0 amide bonds. The molecule has 0 N–H and O–H groups in total. The molecule has 84 heavy (non-hydrogen) atoms. The molecule has 0 spiro atoms. The van der Waals surface area contributed by atoms with E-state index in [0.717, 1.165) is 123 Å². The molecule has 0 saturated heterocycles. The zero-order chi connectivity index (χ0) is 55.5. The third kappa shape index (κ3) is 8.39. The molecule has 394 valence electrons. The Morgan fingerprint density at radius 1 is 0.214 bits per heavy atom. The van der Waals surface area contributed by atoms with Crippen molar-refractivity contribution in [3.8, 4) is 67.2 Å². The molecule has 0 bridgehead atoms. The van der Waals surface area contributed by atoms with E-state index in [1.54, 1.807) is 0 Å². The Bertz CT molecular complexity index is 4700. The quantitative estimate of drug-likeness (QED) is 0.114. The monoisotopic (exact) mass is 1070 g/mol. The van der Waals surface area contributed by atoms with Crippen molar-refractivity contribution in [1.82, 2.24) is 0 Å². The van der Waals surface area contributed by atoms with Crippen molar-refractivity contribution in [2.75, 3.05) is 9.80 Å². The Hall–Kier alpha value is -11.2. The van der Waals surface area contributed by atoms with E-state index in [1.165, 1.54) is 32.7 Å². The number of hydrogen-bond donors (Lipinski definition) is 0. The molecule has 16 aromatic rings. The van der Waals surface area contributed by atoms with Crippen molar-refractivity contribution in [2.24, 2.45) is 0 Å². The highest BCUT2D eigenvalue weighted by Gasteiger charge is 2.26. The molecule has 0 fully saturated rings. The number of nitrogens with zero attached hydrogens (tertiary/aromatic N) is 2. The Kier molecular flexibility index (Phi) is 11.8. The van der Waals surface area contributed by atoms with Crippen LogP contribution in [-0.4, -0.2) is 0 Å². The summed E-state index contributed by atoms with van der Waals surface area (Å²) in [5, 5.41) is 9.14. The fourth-order valence-electron chi connectivity index (χ4n) is 12.7. The molecular formula is C80H52N2O2. The van der Waals surface area contributed by atoms with Crippen molar-refractivity contribution in [1.29, 1.82) is 0 Å². The average molecular weight is 1070 g/mol. The van der Waals surface area contributed by atoms with Crippen LogP contribution in [0.25, 0.3) is 121 Å². The summed E-state index contributed by atoms with van der Waals surface area (Å²) < 4.78 is 14.1. The maximum Gasteiger partial charge on any atom is 0.143 e. The van der Waals surface area contributed by atoms with Gasteiger partial charge in [0.15, 0.2) is 0 Å². The van der Waals surface area contributed by atoms with Crippen LogP contribution in [0.4, 0.5) is 34.1 Å². The van der Waals surface area contributed by atoms with Crippen molar-refractivity contribution in [3.05, 3.63) is 315 Å². The number of rotatable bonds is 12. The van der Waals surface area contributed by atoms with Crippen LogP contribution < -0.4 is 9.80 Å². The summed E-state index contributed by atoms with van der Waals surface area (Å²) in [6.45, 7) is 0. The number of hydrogen-bond acceptors (Lipinski definition) is 4. The lowest BCUT2D eigenvalue weighted by molar-refractivity contribution is 0.632. The van der Waals surface area contributed by atoms with E-state index in [2.05, 4.69) is 325 Å². The van der Waals surface area contributed by atoms with Crippen LogP contribution in [0, 0.1) is 0 Å². The van der Waals surface area contributed by atoms with E-state index in [-0.39, 0.29) is 0 Å². The van der Waals surface area contributed by atoms with Gasteiger partial charge in [0.1, 0.15) is 22.7 Å². The summed E-state index contributed by atoms with van der Waals surface area (Å²) >= 11 is 0. The number of benzene rings is 14. The molecule has 2 heterocycles. The molecule has 0 aliphatic heterocycles. The Morgan fingerprint density at radius 2 is 0.500 bits per heavy atom. The molecular weight excluding hydrogens is 1020 g/mol. The topological polar surface area (TPSA) is 32.8 Å². The third-order valence-electron chi connectivity index (χ3n) is 16.6. The summed E-state index contributed by atoms with van der Waals surface area (Å²) in [6, 6.07) is 113. The Balaban J connectivity index is 0.895. The van der Waals surface area contributed by atoms with Gasteiger partial charge in [-0.15, -0.1) is 0 Å². The second-order valence-electron chi connectivity index (χ2n) is 21.5. The van der Waals surface area contributed by atoms with Gasteiger partial charge < -0.3 is 18.6 Å². The summed E-state index contributed by atoms with van der Waals surface area (Å²) in [5.41, 5.74) is 18.9. The average Bonchev–Trinajstić information content (AvgIpc) is 1.34. The fraction of sp³-hybridized carbons (Fsp3) is 0. The molecule has 16 rings (SSSR count). The smallest absolute Gasteiger partial charge is 0.143 e. The number of fused-ring (bicyclic) bond motifs is 2. The van der Waals surface area contributed by atoms with Gasteiger partial charge in [-0.05, 0) is 116 Å². The van der Waals surface area contributed by atoms with Crippen molar-refractivity contribution >= 4 is 88.4 Å². The van der Waals surface area contributed by atoms with Gasteiger partial charge in [0.2, 0.25) is 0 Å². The summed E-state index contributed by atoms with van der Waals surface area (Å²) in [4.78, 5) is 4.81. The van der Waals surface area contributed by atoms with Crippen molar-refractivity contribution in [3.63, 3.8) is 0 Å². The molecule has 4 heteroatoms. The largest absolute Gasteiger partial charge is 0.455 e. The first kappa shape index (κ1) is 48.7. The molecule has 0 radical (unpaired) electrons. The van der Waals surface area contributed by atoms with E-state index in [1.807, 2.05) is 0 Å². The van der Waals surface area contributed by atoms with E-state index in [0.29, 0.717) is 0 Å². The van der Waals surface area contributed by atoms with Gasteiger partial charge in [-0.3, -0.25) is 0 Å². The predicted molar refractivity (Wildman–Crippen MR) is 352 cm³/mol. The van der Waals surface area contributed by atoms with E-state index in [9.17, 15) is 0 Å². The van der Waals surface area contributed by atoms with Gasteiger partial charge in [0.25, 0.3) is 0 Å². The first-order valence-corrected chi connectivity index (χ1v) is 28.6. The van der Waals surface area contributed by atoms with Gasteiger partial charge in [-0.1, -0.05) is 243 Å². The molecule has 0 aliphatic carbocycles. The minimum Gasteiger partial charge on any atom is -0.455 e. The zero-order valence-corrected chi connectivity index (χ0v) is 45.7.